The van der Waals surface area contributed by atoms with Gasteiger partial charge in [-0.25, -0.2) is 0 Å². The summed E-state index contributed by atoms with van der Waals surface area (Å²) in [6.45, 7) is 3.59. The highest BCUT2D eigenvalue weighted by Gasteiger charge is 2.41. The molecule has 3 aromatic rings. The van der Waals surface area contributed by atoms with Crippen LogP contribution in [0.1, 0.15) is 53.9 Å². The Morgan fingerprint density at radius 3 is 1.95 bits per heavy atom. The molecule has 2 aromatic carbocycles. The minimum Gasteiger partial charge on any atom is -0.508 e. The Labute approximate surface area is 211 Å². The molecule has 1 heterocycles. The Morgan fingerprint density at radius 1 is 0.973 bits per heavy atom. The van der Waals surface area contributed by atoms with Gasteiger partial charge >= 0.3 is 12.4 Å². The van der Waals surface area contributed by atoms with Crippen LogP contribution in [-0.2, 0) is 23.4 Å². The lowest BCUT2D eigenvalue weighted by Gasteiger charge is -2.11. The number of halogens is 7. The number of aromatic nitrogens is 1. The van der Waals surface area contributed by atoms with Crippen molar-refractivity contribution in [3.05, 3.63) is 46.6 Å². The maximum Gasteiger partial charge on any atom is 0.455 e. The highest BCUT2D eigenvalue weighted by molar-refractivity contribution is 6.07. The average molecular weight is 561 g/mol. The largest absolute Gasteiger partial charge is 0.508 e. The third-order valence-corrected chi connectivity index (χ3v) is 4.75. The molecule has 0 unspecified atom stereocenters. The van der Waals surface area contributed by atoms with Crippen LogP contribution in [0.2, 0.25) is 0 Å². The molecule has 1 aromatic heterocycles. The smallest absolute Gasteiger partial charge is 0.455 e. The normalized spacial score (nSPS) is 11.4. The molecule has 15 heteroatoms. The number of rotatable bonds is 5. The van der Waals surface area contributed by atoms with E-state index in [9.17, 15) is 46.5 Å². The molecule has 0 bridgehead atoms. The first kappa shape index (κ1) is 31.8. The van der Waals surface area contributed by atoms with Crippen molar-refractivity contribution >= 4 is 28.6 Å². The van der Waals surface area contributed by atoms with Crippen molar-refractivity contribution in [3.8, 4) is 17.2 Å². The summed E-state index contributed by atoms with van der Waals surface area (Å²) in [4.78, 5) is 11.0. The predicted octanol–water partition coefficient (Wildman–Crippen LogP) is 6.33. The summed E-state index contributed by atoms with van der Waals surface area (Å²) in [6.07, 6.45) is -7.75. The van der Waals surface area contributed by atoms with Crippen LogP contribution >= 0.6 is 11.9 Å². The summed E-state index contributed by atoms with van der Waals surface area (Å²) in [6, 6.07) is 4.15. The summed E-state index contributed by atoms with van der Waals surface area (Å²) < 4.78 is 82.3. The van der Waals surface area contributed by atoms with Gasteiger partial charge in [-0.3, -0.25) is 4.79 Å². The Hall–Kier alpha value is -3.23. The number of alkyl halides is 6. The zero-order chi connectivity index (χ0) is 28.6. The van der Waals surface area contributed by atoms with Crippen molar-refractivity contribution in [3.63, 3.8) is 0 Å². The molecule has 0 aliphatic heterocycles. The molecule has 0 atom stereocenters. The monoisotopic (exact) mass is 560 g/mol. The number of hydrogen-bond donors (Lipinski definition) is 4. The predicted molar refractivity (Wildman–Crippen MR) is 120 cm³/mol. The van der Waals surface area contributed by atoms with Gasteiger partial charge in [0.2, 0.25) is 0 Å². The molecule has 0 spiro atoms. The molecule has 0 saturated carbocycles. The number of ketones is 1. The van der Waals surface area contributed by atoms with Crippen molar-refractivity contribution in [1.82, 2.24) is 5.16 Å². The lowest BCUT2D eigenvalue weighted by atomic mass is 10.0. The van der Waals surface area contributed by atoms with Gasteiger partial charge in [-0.15, -0.1) is 0 Å². The summed E-state index contributed by atoms with van der Waals surface area (Å²) in [7, 11) is 0. The number of phenols is 3. The van der Waals surface area contributed by atoms with E-state index in [1.54, 1.807) is 6.92 Å². The SMILES string of the molecule is CCCc1c(O)ccc(C(=O)C(F)(F)F)c1O.CCCc1c(O)ccc2c(C(F)(F)F)noc12.NOCl. The second-order valence-electron chi connectivity index (χ2n) is 7.34. The Balaban J connectivity index is 0.000000335. The van der Waals surface area contributed by atoms with Crippen LogP contribution in [0.15, 0.2) is 28.8 Å². The van der Waals surface area contributed by atoms with Crippen molar-refractivity contribution in [2.45, 2.75) is 51.9 Å². The van der Waals surface area contributed by atoms with Crippen molar-refractivity contribution in [1.29, 1.82) is 0 Å². The Kier molecular flexibility index (Phi) is 11.5. The number of fused-ring (bicyclic) bond motifs is 1. The quantitative estimate of drug-likeness (QED) is 0.161. The van der Waals surface area contributed by atoms with E-state index in [1.165, 1.54) is 12.1 Å². The van der Waals surface area contributed by atoms with Crippen LogP contribution in [0.4, 0.5) is 26.3 Å². The van der Waals surface area contributed by atoms with Crippen LogP contribution in [0.3, 0.4) is 0 Å². The number of hydrogen-bond acceptors (Lipinski definition) is 8. The summed E-state index contributed by atoms with van der Waals surface area (Å²) >= 11 is 4.28. The minimum absolute atomic E-state index is 0.0131. The number of carbonyl (C=O) groups excluding carboxylic acids is 1. The molecule has 0 aliphatic carbocycles. The number of nitrogens with zero attached hydrogens (tertiary/aromatic N) is 1. The zero-order valence-corrected chi connectivity index (χ0v) is 20.1. The molecule has 0 fully saturated rings. The molecule has 8 nitrogen and oxygen atoms in total. The van der Waals surface area contributed by atoms with Gasteiger partial charge in [0, 0.05) is 11.1 Å². The molecular formula is C22H23ClF6N2O6. The van der Waals surface area contributed by atoms with Crippen LogP contribution < -0.4 is 5.90 Å². The standard InChI is InChI=1S/C11H10F3NO2.C11H11F3O3.ClH2NO/c1-2-3-6-8(16)5-4-7-9(6)17-15-10(7)11(12,13)14;1-2-3-6-8(15)5-4-7(9(6)16)10(17)11(12,13)14;1-3-2/h4-5,16H,2-3H2,1H3;4-5,15-16H,2-3H2,1H3;2H2. The van der Waals surface area contributed by atoms with Gasteiger partial charge in [0.05, 0.1) is 22.8 Å². The summed E-state index contributed by atoms with van der Waals surface area (Å²) in [5, 5.41) is 31.4. The van der Waals surface area contributed by atoms with Gasteiger partial charge < -0.3 is 19.8 Å². The van der Waals surface area contributed by atoms with E-state index < -0.39 is 35.1 Å². The number of aromatic hydroxyl groups is 3. The highest BCUT2D eigenvalue weighted by atomic mass is 35.5. The van der Waals surface area contributed by atoms with Gasteiger partial charge in [-0.1, -0.05) is 31.8 Å². The second-order valence-corrected chi connectivity index (χ2v) is 7.52. The summed E-state index contributed by atoms with van der Waals surface area (Å²) in [5.41, 5.74) is -1.54. The number of phenolic OH excluding ortho intramolecular Hbond substituents is 3. The first-order valence-corrected chi connectivity index (χ1v) is 10.8. The summed E-state index contributed by atoms with van der Waals surface area (Å²) in [5.74, 6) is 0.815. The molecule has 3 rings (SSSR count). The fraction of sp³-hybridized carbons (Fsp3) is 0.364. The van der Waals surface area contributed by atoms with Gasteiger partial charge in [0.25, 0.3) is 5.78 Å². The van der Waals surface area contributed by atoms with Gasteiger partial charge in [0.15, 0.2) is 11.3 Å². The van der Waals surface area contributed by atoms with Crippen LogP contribution in [0.25, 0.3) is 11.0 Å². The fourth-order valence-electron chi connectivity index (χ4n) is 3.20. The molecule has 206 valence electrons. The van der Waals surface area contributed by atoms with Crippen LogP contribution in [0, 0.1) is 0 Å². The molecule has 5 N–H and O–H groups in total. The van der Waals surface area contributed by atoms with E-state index >= 15 is 0 Å². The number of aryl methyl sites for hydroxylation is 1. The Morgan fingerprint density at radius 2 is 1.46 bits per heavy atom. The fourth-order valence-corrected chi connectivity index (χ4v) is 3.20. The van der Waals surface area contributed by atoms with E-state index in [1.807, 2.05) is 6.92 Å². The van der Waals surface area contributed by atoms with Crippen molar-refractivity contribution in [2.75, 3.05) is 0 Å². The minimum atomic E-state index is -5.04. The maximum atomic E-state index is 12.6. The lowest BCUT2D eigenvalue weighted by molar-refractivity contribution is -0.141. The van der Waals surface area contributed by atoms with Crippen molar-refractivity contribution in [2.24, 2.45) is 5.90 Å². The molecular weight excluding hydrogens is 538 g/mol. The molecule has 0 radical (unpaired) electrons. The van der Waals surface area contributed by atoms with E-state index in [4.69, 9.17) is 4.52 Å². The molecule has 0 aliphatic rings. The first-order chi connectivity index (χ1) is 17.1. The zero-order valence-electron chi connectivity index (χ0n) is 19.4. The first-order valence-electron chi connectivity index (χ1n) is 10.5. The van der Waals surface area contributed by atoms with Crippen LogP contribution in [0.5, 0.6) is 17.2 Å². The van der Waals surface area contributed by atoms with E-state index in [0.29, 0.717) is 24.8 Å². The van der Waals surface area contributed by atoms with E-state index in [2.05, 4.69) is 27.3 Å². The third kappa shape index (κ3) is 8.13. The average Bonchev–Trinajstić information content (AvgIpc) is 3.24. The van der Waals surface area contributed by atoms with Gasteiger partial charge in [-0.05, 0) is 37.1 Å². The van der Waals surface area contributed by atoms with E-state index in [0.717, 1.165) is 12.1 Å². The third-order valence-electron chi connectivity index (χ3n) is 4.75. The molecule has 37 heavy (non-hydrogen) atoms. The molecule has 0 saturated heterocycles. The maximum absolute atomic E-state index is 12.6. The van der Waals surface area contributed by atoms with Crippen molar-refractivity contribution < 1.29 is 55.4 Å². The topological polar surface area (TPSA) is 139 Å². The van der Waals surface area contributed by atoms with E-state index in [-0.39, 0.29) is 34.5 Å². The second kappa shape index (κ2) is 13.4. The van der Waals surface area contributed by atoms with Gasteiger partial charge in [0.1, 0.15) is 17.2 Å². The number of benzene rings is 2. The number of carbonyl (C=O) groups is 1. The number of Topliss-reactive ketones (excluding diaryl/α,β-unsaturated/α-hetero) is 1. The lowest BCUT2D eigenvalue weighted by Crippen LogP contribution is -2.23. The highest BCUT2D eigenvalue weighted by Crippen LogP contribution is 2.38. The van der Waals surface area contributed by atoms with Crippen LogP contribution in [-0.4, -0.2) is 32.4 Å². The molecule has 0 amide bonds. The number of nitrogens with two attached hydrogens (primary N) is 1. The van der Waals surface area contributed by atoms with Gasteiger partial charge in [-0.2, -0.15) is 36.6 Å². The Bertz CT molecular complexity index is 1200.